The SMILES string of the molecule is Nc1ccc(CNC(=O)NCC(=O)N2CCCN2c2cncc3ccccc23)cc1. The van der Waals surface area contributed by atoms with Crippen molar-refractivity contribution in [3.05, 3.63) is 66.5 Å². The number of hydrazine groups is 1. The zero-order valence-electron chi connectivity index (χ0n) is 16.5. The Hall–Kier alpha value is -3.81. The molecule has 1 aliphatic rings. The third-order valence-corrected chi connectivity index (χ3v) is 5.08. The third kappa shape index (κ3) is 4.27. The first kappa shape index (κ1) is 19.5. The average molecular weight is 404 g/mol. The van der Waals surface area contributed by atoms with Gasteiger partial charge in [0, 0.05) is 42.3 Å². The molecule has 0 radical (unpaired) electrons. The minimum absolute atomic E-state index is 0.0811. The molecule has 3 amide bonds. The molecule has 0 unspecified atom stereocenters. The van der Waals surface area contributed by atoms with E-state index in [2.05, 4.69) is 15.6 Å². The molecule has 1 fully saturated rings. The number of amides is 3. The molecule has 4 rings (SSSR count). The molecule has 0 bridgehead atoms. The summed E-state index contributed by atoms with van der Waals surface area (Å²) in [5, 5.41) is 11.1. The van der Waals surface area contributed by atoms with Crippen LogP contribution in [0.25, 0.3) is 10.8 Å². The van der Waals surface area contributed by atoms with Crippen LogP contribution in [0.5, 0.6) is 0 Å². The summed E-state index contributed by atoms with van der Waals surface area (Å²) in [5.74, 6) is -0.164. The number of rotatable bonds is 5. The summed E-state index contributed by atoms with van der Waals surface area (Å²) < 4.78 is 0. The smallest absolute Gasteiger partial charge is 0.315 e. The number of carbonyl (C=O) groups is 2. The van der Waals surface area contributed by atoms with Gasteiger partial charge in [0.05, 0.1) is 11.9 Å². The Balaban J connectivity index is 1.35. The second-order valence-electron chi connectivity index (χ2n) is 7.15. The number of fused-ring (bicyclic) bond motifs is 1. The van der Waals surface area contributed by atoms with Crippen LogP contribution in [0.15, 0.2) is 60.9 Å². The van der Waals surface area contributed by atoms with E-state index >= 15 is 0 Å². The van der Waals surface area contributed by atoms with E-state index in [1.165, 1.54) is 0 Å². The van der Waals surface area contributed by atoms with Gasteiger partial charge in [0.15, 0.2) is 0 Å². The first-order valence-corrected chi connectivity index (χ1v) is 9.88. The van der Waals surface area contributed by atoms with Crippen LogP contribution in [-0.4, -0.2) is 41.6 Å². The van der Waals surface area contributed by atoms with Gasteiger partial charge < -0.3 is 16.4 Å². The molecular formula is C22H24N6O2. The molecular weight excluding hydrogens is 380 g/mol. The summed E-state index contributed by atoms with van der Waals surface area (Å²) in [4.78, 5) is 29.2. The monoisotopic (exact) mass is 404 g/mol. The molecule has 8 heteroatoms. The molecule has 2 aromatic carbocycles. The zero-order chi connectivity index (χ0) is 20.9. The number of benzene rings is 2. The number of nitrogens with two attached hydrogens (primary N) is 1. The number of nitrogens with one attached hydrogen (secondary N) is 2. The fraction of sp³-hybridized carbons (Fsp3) is 0.227. The second kappa shape index (κ2) is 8.69. The van der Waals surface area contributed by atoms with E-state index in [1.807, 2.05) is 47.6 Å². The van der Waals surface area contributed by atoms with Gasteiger partial charge in [0.2, 0.25) is 0 Å². The lowest BCUT2D eigenvalue weighted by Gasteiger charge is -2.30. The Labute approximate surface area is 174 Å². The number of aromatic nitrogens is 1. The predicted octanol–water partition coefficient (Wildman–Crippen LogP) is 2.27. The Kier molecular flexibility index (Phi) is 5.65. The Morgan fingerprint density at radius 3 is 2.63 bits per heavy atom. The number of nitrogen functional groups attached to an aromatic ring is 1. The first-order chi connectivity index (χ1) is 14.6. The van der Waals surface area contributed by atoms with Gasteiger partial charge in [-0.1, -0.05) is 36.4 Å². The molecule has 1 saturated heterocycles. The van der Waals surface area contributed by atoms with Gasteiger partial charge in [-0.15, -0.1) is 0 Å². The quantitative estimate of drug-likeness (QED) is 0.566. The van der Waals surface area contributed by atoms with Crippen LogP contribution in [0.1, 0.15) is 12.0 Å². The molecule has 0 aliphatic carbocycles. The maximum atomic E-state index is 12.8. The molecule has 30 heavy (non-hydrogen) atoms. The summed E-state index contributed by atoms with van der Waals surface area (Å²) in [6, 6.07) is 14.8. The van der Waals surface area contributed by atoms with Crippen LogP contribution in [0, 0.1) is 0 Å². The number of pyridine rings is 1. The lowest BCUT2D eigenvalue weighted by Crippen LogP contribution is -2.48. The number of hydrogen-bond acceptors (Lipinski definition) is 5. The summed E-state index contributed by atoms with van der Waals surface area (Å²) in [5.41, 5.74) is 8.15. The van der Waals surface area contributed by atoms with Gasteiger partial charge in [-0.2, -0.15) is 0 Å². The van der Waals surface area contributed by atoms with Crippen LogP contribution in [0.2, 0.25) is 0 Å². The highest BCUT2D eigenvalue weighted by Gasteiger charge is 2.28. The van der Waals surface area contributed by atoms with Crippen LogP contribution >= 0.6 is 0 Å². The van der Waals surface area contributed by atoms with Crippen molar-refractivity contribution in [2.24, 2.45) is 0 Å². The Bertz CT molecular complexity index is 1050. The van der Waals surface area contributed by atoms with Crippen LogP contribution in [0.3, 0.4) is 0 Å². The molecule has 4 N–H and O–H groups in total. The lowest BCUT2D eigenvalue weighted by atomic mass is 10.1. The number of anilines is 2. The van der Waals surface area contributed by atoms with Crippen molar-refractivity contribution >= 4 is 34.1 Å². The molecule has 0 saturated carbocycles. The molecule has 0 spiro atoms. The van der Waals surface area contributed by atoms with Gasteiger partial charge in [-0.05, 0) is 24.1 Å². The minimum Gasteiger partial charge on any atom is -0.399 e. The first-order valence-electron chi connectivity index (χ1n) is 9.88. The van der Waals surface area contributed by atoms with Crippen LogP contribution < -0.4 is 21.4 Å². The number of urea groups is 1. The normalized spacial score (nSPS) is 13.5. The maximum Gasteiger partial charge on any atom is 0.315 e. The Morgan fingerprint density at radius 1 is 1.00 bits per heavy atom. The summed E-state index contributed by atoms with van der Waals surface area (Å²) in [6.45, 7) is 1.61. The highest BCUT2D eigenvalue weighted by Crippen LogP contribution is 2.29. The molecule has 0 atom stereocenters. The van der Waals surface area contributed by atoms with Crippen molar-refractivity contribution in [2.75, 3.05) is 30.4 Å². The van der Waals surface area contributed by atoms with Crippen molar-refractivity contribution in [3.8, 4) is 0 Å². The van der Waals surface area contributed by atoms with E-state index in [0.29, 0.717) is 18.8 Å². The highest BCUT2D eigenvalue weighted by atomic mass is 16.2. The molecule has 1 aromatic heterocycles. The van der Waals surface area contributed by atoms with Crippen LogP contribution in [0.4, 0.5) is 16.2 Å². The van der Waals surface area contributed by atoms with E-state index < -0.39 is 6.03 Å². The highest BCUT2D eigenvalue weighted by molar-refractivity contribution is 5.94. The van der Waals surface area contributed by atoms with Crippen molar-refractivity contribution in [2.45, 2.75) is 13.0 Å². The molecule has 3 aromatic rings. The van der Waals surface area contributed by atoms with E-state index in [1.54, 1.807) is 23.3 Å². The largest absolute Gasteiger partial charge is 0.399 e. The molecule has 1 aliphatic heterocycles. The summed E-state index contributed by atoms with van der Waals surface area (Å²) in [6.07, 6.45) is 4.45. The van der Waals surface area contributed by atoms with Gasteiger partial charge in [0.1, 0.15) is 6.54 Å². The second-order valence-corrected chi connectivity index (χ2v) is 7.15. The van der Waals surface area contributed by atoms with Crippen LogP contribution in [-0.2, 0) is 11.3 Å². The number of nitrogens with zero attached hydrogens (tertiary/aromatic N) is 3. The van der Waals surface area contributed by atoms with Gasteiger partial charge in [-0.3, -0.25) is 19.8 Å². The predicted molar refractivity (Wildman–Crippen MR) is 117 cm³/mol. The molecule has 154 valence electrons. The number of hydrogen-bond donors (Lipinski definition) is 3. The van der Waals surface area contributed by atoms with Gasteiger partial charge in [0.25, 0.3) is 5.91 Å². The van der Waals surface area contributed by atoms with Crippen molar-refractivity contribution in [1.29, 1.82) is 0 Å². The van der Waals surface area contributed by atoms with Gasteiger partial charge in [-0.25, -0.2) is 4.79 Å². The van der Waals surface area contributed by atoms with Crippen molar-refractivity contribution in [1.82, 2.24) is 20.6 Å². The average Bonchev–Trinajstić information content (AvgIpc) is 3.26. The standard InChI is InChI=1S/C22H24N6O2/c23-18-8-6-16(7-9-18)12-25-22(30)26-15-21(29)28-11-3-10-27(28)20-14-24-13-17-4-1-2-5-19(17)20/h1-2,4-9,13-14H,3,10-12,15,23H2,(H2,25,26,30). The summed E-state index contributed by atoms with van der Waals surface area (Å²) in [7, 11) is 0. The van der Waals surface area contributed by atoms with Crippen molar-refractivity contribution in [3.63, 3.8) is 0 Å². The summed E-state index contributed by atoms with van der Waals surface area (Å²) >= 11 is 0. The lowest BCUT2D eigenvalue weighted by molar-refractivity contribution is -0.129. The zero-order valence-corrected chi connectivity index (χ0v) is 16.5. The van der Waals surface area contributed by atoms with E-state index in [0.717, 1.165) is 35.0 Å². The molecule has 8 nitrogen and oxygen atoms in total. The fourth-order valence-corrected chi connectivity index (χ4v) is 3.56. The maximum absolute atomic E-state index is 12.8. The van der Waals surface area contributed by atoms with E-state index in [4.69, 9.17) is 5.73 Å². The minimum atomic E-state index is -0.391. The van der Waals surface area contributed by atoms with Crippen molar-refractivity contribution < 1.29 is 9.59 Å². The van der Waals surface area contributed by atoms with E-state index in [-0.39, 0.29) is 12.5 Å². The molecule has 2 heterocycles. The topological polar surface area (TPSA) is 104 Å². The van der Waals surface area contributed by atoms with E-state index in [9.17, 15) is 9.59 Å². The number of carbonyl (C=O) groups excluding carboxylic acids is 2. The third-order valence-electron chi connectivity index (χ3n) is 5.08. The van der Waals surface area contributed by atoms with Gasteiger partial charge >= 0.3 is 6.03 Å². The fourth-order valence-electron chi connectivity index (χ4n) is 3.56. The Morgan fingerprint density at radius 2 is 1.80 bits per heavy atom.